The molecule has 10 nitrogen and oxygen atoms in total. The molecule has 1 aliphatic rings. The zero-order chi connectivity index (χ0) is 21.3. The van der Waals surface area contributed by atoms with Gasteiger partial charge < -0.3 is 39.8 Å². The molecule has 0 aliphatic carbocycles. The molecule has 1 heterocycles. The Labute approximate surface area is 193 Å². The van der Waals surface area contributed by atoms with Crippen molar-refractivity contribution in [3.8, 4) is 11.5 Å². The van der Waals surface area contributed by atoms with Gasteiger partial charge in [-0.2, -0.15) is 0 Å². The molecule has 0 radical (unpaired) electrons. The first-order valence-electron chi connectivity index (χ1n) is 8.32. The normalized spacial score (nSPS) is 26.4. The number of benzene rings is 2. The summed E-state index contributed by atoms with van der Waals surface area (Å²) in [5.74, 6) is -1.87. The molecule has 156 valence electrons. The molecule has 1 fully saturated rings. The maximum Gasteiger partial charge on any atom is 1.00 e. The number of aromatic hydroxyl groups is 1. The summed E-state index contributed by atoms with van der Waals surface area (Å²) < 4.78 is 35.4. The molecular formula is C18H17NaO10S. The number of ether oxygens (including phenoxy) is 2. The molecule has 0 unspecified atom stereocenters. The molecule has 30 heavy (non-hydrogen) atoms. The maximum atomic E-state index is 12.6. The number of sulfone groups is 1. The van der Waals surface area contributed by atoms with Gasteiger partial charge in [-0.3, -0.25) is 0 Å². The molecule has 2 aromatic rings. The number of carboxylic acid groups (broad SMARTS) is 1. The molecular weight excluding hydrogens is 431 g/mol. The fraction of sp³-hybridized carbons (Fsp3) is 0.278. The van der Waals surface area contributed by atoms with Crippen LogP contribution in [0.3, 0.4) is 0 Å². The van der Waals surface area contributed by atoms with E-state index in [0.717, 1.165) is 0 Å². The number of carbonyl (C=O) groups is 1. The van der Waals surface area contributed by atoms with E-state index in [4.69, 9.17) is 9.47 Å². The number of aliphatic hydroxyl groups excluding tert-OH is 3. The quantitative estimate of drug-likeness (QED) is 0.325. The van der Waals surface area contributed by atoms with Crippen LogP contribution in [0.5, 0.6) is 11.5 Å². The van der Waals surface area contributed by atoms with E-state index >= 15 is 0 Å². The van der Waals surface area contributed by atoms with E-state index in [2.05, 4.69) is 0 Å². The Kier molecular flexibility index (Phi) is 7.88. The van der Waals surface area contributed by atoms with Gasteiger partial charge in [0.15, 0.2) is 0 Å². The van der Waals surface area contributed by atoms with Crippen LogP contribution in [0.25, 0.3) is 0 Å². The SMILES string of the molecule is O=C([O-])[C@H]1O[C@@H](Oc2ccc(S(=O)(=O)c3ccc(O)cc3)cc2)[C@H](O)[C@@H](O)[C@@H]1O.[Na+]. The van der Waals surface area contributed by atoms with Crippen LogP contribution in [-0.4, -0.2) is 65.5 Å². The van der Waals surface area contributed by atoms with Crippen LogP contribution >= 0.6 is 0 Å². The van der Waals surface area contributed by atoms with Crippen molar-refractivity contribution < 1.29 is 77.8 Å². The fourth-order valence-corrected chi connectivity index (χ4v) is 3.99. The van der Waals surface area contributed by atoms with E-state index in [1.54, 1.807) is 0 Å². The summed E-state index contributed by atoms with van der Waals surface area (Å²) in [6, 6.07) is 9.88. The first-order chi connectivity index (χ1) is 13.6. The minimum Gasteiger partial charge on any atom is -0.547 e. The topological polar surface area (TPSA) is 174 Å². The summed E-state index contributed by atoms with van der Waals surface area (Å²) in [5, 5.41) is 49.6. The minimum absolute atomic E-state index is 0. The number of aliphatic hydroxyl groups is 3. The van der Waals surface area contributed by atoms with Crippen molar-refractivity contribution in [3.05, 3.63) is 48.5 Å². The Morgan fingerprint density at radius 2 is 1.40 bits per heavy atom. The van der Waals surface area contributed by atoms with Gasteiger partial charge in [-0.05, 0) is 48.5 Å². The predicted molar refractivity (Wildman–Crippen MR) is 92.3 cm³/mol. The van der Waals surface area contributed by atoms with E-state index in [-0.39, 0.29) is 50.8 Å². The van der Waals surface area contributed by atoms with Gasteiger partial charge in [0.05, 0.1) is 15.8 Å². The van der Waals surface area contributed by atoms with Crippen LogP contribution in [0.2, 0.25) is 0 Å². The van der Waals surface area contributed by atoms with E-state index in [9.17, 15) is 38.7 Å². The molecule has 4 N–H and O–H groups in total. The third-order valence-corrected chi connectivity index (χ3v) is 6.12. The molecule has 0 spiro atoms. The fourth-order valence-electron chi connectivity index (χ4n) is 2.73. The average Bonchev–Trinajstić information content (AvgIpc) is 2.69. The Balaban J connectivity index is 0.00000320. The van der Waals surface area contributed by atoms with Gasteiger partial charge >= 0.3 is 29.6 Å². The smallest absolute Gasteiger partial charge is 0.547 e. The number of hydrogen-bond acceptors (Lipinski definition) is 10. The molecule has 2 aromatic carbocycles. The largest absolute Gasteiger partial charge is 1.00 e. The average molecular weight is 448 g/mol. The standard InChI is InChI=1S/C18H18O10S.Na/c19-9-1-5-11(6-2-9)29(25,26)12-7-3-10(4-8-12)27-18-15(22)13(20)14(21)16(28-18)17(23)24;/h1-8,13-16,18-22H,(H,23,24);/q;+1/p-1/t13-,14-,15+,16-,18+;/m0./s1. The molecule has 1 saturated heterocycles. The number of aliphatic carboxylic acids is 1. The summed E-state index contributed by atoms with van der Waals surface area (Å²) in [5.41, 5.74) is 0. The summed E-state index contributed by atoms with van der Waals surface area (Å²) >= 11 is 0. The number of carboxylic acids is 1. The Bertz CT molecular complexity index is 977. The van der Waals surface area contributed by atoms with Crippen LogP contribution in [0.1, 0.15) is 0 Å². The molecule has 0 aromatic heterocycles. The zero-order valence-electron chi connectivity index (χ0n) is 15.7. The molecule has 5 atom stereocenters. The van der Waals surface area contributed by atoms with Crippen molar-refractivity contribution in [2.45, 2.75) is 40.5 Å². The summed E-state index contributed by atoms with van der Waals surface area (Å²) in [6.45, 7) is 0. The predicted octanol–water partition coefficient (Wildman–Crippen LogP) is -4.83. The van der Waals surface area contributed by atoms with Gasteiger partial charge in [0.25, 0.3) is 0 Å². The van der Waals surface area contributed by atoms with Crippen molar-refractivity contribution in [1.82, 2.24) is 0 Å². The summed E-state index contributed by atoms with van der Waals surface area (Å²) in [7, 11) is -3.86. The number of phenolic OH excluding ortho intramolecular Hbond substituents is 1. The van der Waals surface area contributed by atoms with Crippen LogP contribution in [-0.2, 0) is 19.4 Å². The minimum atomic E-state index is -3.86. The molecule has 12 heteroatoms. The number of rotatable bonds is 5. The number of carbonyl (C=O) groups excluding carboxylic acids is 1. The van der Waals surface area contributed by atoms with E-state index in [1.165, 1.54) is 48.5 Å². The summed E-state index contributed by atoms with van der Waals surface area (Å²) in [4.78, 5) is 10.9. The Morgan fingerprint density at radius 1 is 0.900 bits per heavy atom. The van der Waals surface area contributed by atoms with Crippen molar-refractivity contribution in [1.29, 1.82) is 0 Å². The Morgan fingerprint density at radius 3 is 1.90 bits per heavy atom. The van der Waals surface area contributed by atoms with Crippen LogP contribution in [0.15, 0.2) is 58.3 Å². The monoisotopic (exact) mass is 448 g/mol. The zero-order valence-corrected chi connectivity index (χ0v) is 18.5. The van der Waals surface area contributed by atoms with Crippen LogP contribution < -0.4 is 39.4 Å². The third kappa shape index (κ3) is 4.95. The molecule has 0 amide bonds. The van der Waals surface area contributed by atoms with Crippen molar-refractivity contribution in [3.63, 3.8) is 0 Å². The van der Waals surface area contributed by atoms with E-state index in [1.807, 2.05) is 0 Å². The van der Waals surface area contributed by atoms with Crippen molar-refractivity contribution in [2.75, 3.05) is 0 Å². The second-order valence-electron chi connectivity index (χ2n) is 6.30. The van der Waals surface area contributed by atoms with E-state index < -0.39 is 46.5 Å². The van der Waals surface area contributed by atoms with Gasteiger partial charge in [-0.15, -0.1) is 0 Å². The second kappa shape index (κ2) is 9.62. The van der Waals surface area contributed by atoms with Gasteiger partial charge in [0, 0.05) is 0 Å². The molecule has 0 saturated carbocycles. The molecule has 0 bridgehead atoms. The van der Waals surface area contributed by atoms with Crippen LogP contribution in [0.4, 0.5) is 0 Å². The Hall–Kier alpha value is -1.70. The van der Waals surface area contributed by atoms with E-state index in [0.29, 0.717) is 0 Å². The van der Waals surface area contributed by atoms with Gasteiger partial charge in [-0.1, -0.05) is 0 Å². The number of hydrogen-bond donors (Lipinski definition) is 4. The maximum absolute atomic E-state index is 12.6. The van der Waals surface area contributed by atoms with Crippen molar-refractivity contribution >= 4 is 15.8 Å². The second-order valence-corrected chi connectivity index (χ2v) is 8.25. The molecule has 1 aliphatic heterocycles. The first kappa shape index (κ1) is 24.6. The first-order valence-corrected chi connectivity index (χ1v) is 9.81. The van der Waals surface area contributed by atoms with Crippen molar-refractivity contribution in [2.24, 2.45) is 0 Å². The van der Waals surface area contributed by atoms with Crippen LogP contribution in [0, 0.1) is 0 Å². The van der Waals surface area contributed by atoms with Gasteiger partial charge in [0.1, 0.15) is 35.9 Å². The molecule has 3 rings (SSSR count). The van der Waals surface area contributed by atoms with Gasteiger partial charge in [0.2, 0.25) is 16.1 Å². The number of phenols is 1. The summed E-state index contributed by atoms with van der Waals surface area (Å²) in [6.07, 6.45) is -9.09. The van der Waals surface area contributed by atoms with Gasteiger partial charge in [-0.25, -0.2) is 8.42 Å². The third-order valence-electron chi connectivity index (χ3n) is 4.34.